The molecule has 2 atom stereocenters. The molecule has 2 aliphatic heterocycles. The number of rotatable bonds is 3. The van der Waals surface area contributed by atoms with Crippen LogP contribution in [0.3, 0.4) is 0 Å². The number of hydrogen-bond donors (Lipinski definition) is 1. The van der Waals surface area contributed by atoms with E-state index >= 15 is 0 Å². The van der Waals surface area contributed by atoms with E-state index in [1.54, 1.807) is 0 Å². The molecular weight excluding hydrogens is 236 g/mol. The normalized spacial score (nSPS) is 34.8. The Bertz CT molecular complexity index is 282. The molecule has 2 heterocycles. The smallest absolute Gasteiger partial charge is 0.327 e. The summed E-state index contributed by atoms with van der Waals surface area (Å²) in [7, 11) is 0. The number of piperazine rings is 1. The van der Waals surface area contributed by atoms with E-state index in [1.807, 2.05) is 18.7 Å². The van der Waals surface area contributed by atoms with Crippen molar-refractivity contribution in [3.05, 3.63) is 0 Å². The molecule has 2 fully saturated rings. The third-order valence-corrected chi connectivity index (χ3v) is 5.16. The summed E-state index contributed by atoms with van der Waals surface area (Å²) < 4.78 is 5.34. The minimum Gasteiger partial charge on any atom is -0.465 e. The predicted molar refractivity (Wildman–Crippen MR) is 70.3 cm³/mol. The summed E-state index contributed by atoms with van der Waals surface area (Å²) in [6.07, 6.45) is 0.928. The molecule has 2 rings (SSSR count). The molecule has 0 aromatic carbocycles. The van der Waals surface area contributed by atoms with Crippen molar-refractivity contribution in [2.24, 2.45) is 0 Å². The Kier molecular flexibility index (Phi) is 4.33. The summed E-state index contributed by atoms with van der Waals surface area (Å²) in [4.78, 5) is 14.7. The van der Waals surface area contributed by atoms with Crippen LogP contribution in [0.25, 0.3) is 0 Å². The first kappa shape index (κ1) is 13.2. The lowest BCUT2D eigenvalue weighted by Crippen LogP contribution is -2.63. The van der Waals surface area contributed by atoms with Crippen LogP contribution in [0.2, 0.25) is 0 Å². The van der Waals surface area contributed by atoms with Crippen molar-refractivity contribution >= 4 is 17.7 Å². The van der Waals surface area contributed by atoms with Crippen LogP contribution in [-0.2, 0) is 9.53 Å². The number of thioether (sulfide) groups is 1. The Morgan fingerprint density at radius 3 is 2.76 bits per heavy atom. The van der Waals surface area contributed by atoms with Crippen LogP contribution in [0, 0.1) is 0 Å². The maximum atomic E-state index is 12.4. The highest BCUT2D eigenvalue weighted by Gasteiger charge is 2.53. The third kappa shape index (κ3) is 2.33. The number of carbonyl (C=O) groups excluding carboxylic acids is 1. The maximum absolute atomic E-state index is 12.4. The highest BCUT2D eigenvalue weighted by atomic mass is 32.2. The molecule has 4 nitrogen and oxygen atoms in total. The molecule has 0 aliphatic carbocycles. The fraction of sp³-hybridized carbons (Fsp3) is 0.917. The highest BCUT2D eigenvalue weighted by Crippen LogP contribution is 2.41. The maximum Gasteiger partial charge on any atom is 0.327 e. The van der Waals surface area contributed by atoms with Crippen molar-refractivity contribution in [1.29, 1.82) is 0 Å². The van der Waals surface area contributed by atoms with Gasteiger partial charge in [0.1, 0.15) is 5.54 Å². The Morgan fingerprint density at radius 1 is 1.53 bits per heavy atom. The van der Waals surface area contributed by atoms with Crippen molar-refractivity contribution in [3.8, 4) is 0 Å². The molecule has 0 aromatic rings. The lowest BCUT2D eigenvalue weighted by Gasteiger charge is -2.43. The number of hydrogen-bond acceptors (Lipinski definition) is 5. The molecule has 0 aromatic heterocycles. The monoisotopic (exact) mass is 258 g/mol. The van der Waals surface area contributed by atoms with Crippen molar-refractivity contribution in [3.63, 3.8) is 0 Å². The van der Waals surface area contributed by atoms with Crippen LogP contribution in [-0.4, -0.2) is 60.2 Å². The molecule has 0 spiro atoms. The van der Waals surface area contributed by atoms with Gasteiger partial charge in [-0.15, -0.1) is 0 Å². The molecule has 0 bridgehead atoms. The molecule has 0 saturated carbocycles. The fourth-order valence-electron chi connectivity index (χ4n) is 2.86. The van der Waals surface area contributed by atoms with Gasteiger partial charge in [-0.25, -0.2) is 4.79 Å². The molecule has 5 heteroatoms. The van der Waals surface area contributed by atoms with Gasteiger partial charge in [0.25, 0.3) is 0 Å². The van der Waals surface area contributed by atoms with Gasteiger partial charge < -0.3 is 10.1 Å². The number of carbonyl (C=O) groups is 1. The van der Waals surface area contributed by atoms with Crippen molar-refractivity contribution in [2.45, 2.75) is 31.1 Å². The van der Waals surface area contributed by atoms with Crippen molar-refractivity contribution in [2.75, 3.05) is 38.5 Å². The second-order valence-electron chi connectivity index (χ2n) is 4.64. The number of ether oxygens (including phenoxy) is 1. The Labute approximate surface area is 107 Å². The lowest BCUT2D eigenvalue weighted by molar-refractivity contribution is -0.158. The molecule has 2 saturated heterocycles. The largest absolute Gasteiger partial charge is 0.465 e. The molecule has 0 amide bonds. The summed E-state index contributed by atoms with van der Waals surface area (Å²) in [5.74, 6) is 1.04. The van der Waals surface area contributed by atoms with Gasteiger partial charge >= 0.3 is 5.97 Å². The average Bonchev–Trinajstić information content (AvgIpc) is 2.73. The Balaban J connectivity index is 2.19. The molecule has 0 radical (unpaired) electrons. The van der Waals surface area contributed by atoms with Gasteiger partial charge in [0.05, 0.1) is 6.61 Å². The van der Waals surface area contributed by atoms with Gasteiger partial charge in [0.15, 0.2) is 0 Å². The van der Waals surface area contributed by atoms with Crippen LogP contribution in [0.15, 0.2) is 0 Å². The Morgan fingerprint density at radius 2 is 2.24 bits per heavy atom. The van der Waals surface area contributed by atoms with Crippen LogP contribution in [0.4, 0.5) is 0 Å². The first-order valence-electron chi connectivity index (χ1n) is 6.46. The molecular formula is C12H22N2O2S. The van der Waals surface area contributed by atoms with Gasteiger partial charge in [-0.05, 0) is 19.1 Å². The van der Waals surface area contributed by atoms with Gasteiger partial charge in [-0.3, -0.25) is 4.90 Å². The van der Waals surface area contributed by atoms with E-state index in [0.29, 0.717) is 11.9 Å². The predicted octanol–water partition coefficient (Wildman–Crippen LogP) is 0.719. The second-order valence-corrected chi connectivity index (χ2v) is 6.09. The van der Waals surface area contributed by atoms with Crippen molar-refractivity contribution in [1.82, 2.24) is 10.2 Å². The highest BCUT2D eigenvalue weighted by molar-refractivity contribution is 8.00. The second kappa shape index (κ2) is 5.59. The first-order chi connectivity index (χ1) is 8.21. The minimum atomic E-state index is -0.372. The van der Waals surface area contributed by atoms with Crippen LogP contribution < -0.4 is 5.32 Å². The van der Waals surface area contributed by atoms with E-state index in [9.17, 15) is 4.79 Å². The summed E-state index contributed by atoms with van der Waals surface area (Å²) in [5.41, 5.74) is -0.372. The van der Waals surface area contributed by atoms with Gasteiger partial charge in [0, 0.05) is 31.4 Å². The molecule has 2 aliphatic rings. The van der Waals surface area contributed by atoms with E-state index in [0.717, 1.165) is 38.4 Å². The summed E-state index contributed by atoms with van der Waals surface area (Å²) in [6, 6.07) is 0. The summed E-state index contributed by atoms with van der Waals surface area (Å²) in [5, 5.41) is 3.67. The summed E-state index contributed by atoms with van der Waals surface area (Å²) >= 11 is 1.89. The SMILES string of the molecule is CCOC(=O)C1(N2CCNCC2)CCSC1C. The lowest BCUT2D eigenvalue weighted by atomic mass is 9.89. The molecule has 2 unspecified atom stereocenters. The van der Waals surface area contributed by atoms with E-state index in [1.165, 1.54) is 0 Å². The molecule has 98 valence electrons. The zero-order valence-corrected chi connectivity index (χ0v) is 11.5. The van der Waals surface area contributed by atoms with Gasteiger partial charge in [-0.2, -0.15) is 11.8 Å². The third-order valence-electron chi connectivity index (χ3n) is 3.83. The van der Waals surface area contributed by atoms with Crippen molar-refractivity contribution < 1.29 is 9.53 Å². The molecule has 1 N–H and O–H groups in total. The van der Waals surface area contributed by atoms with Crippen LogP contribution in [0.5, 0.6) is 0 Å². The van der Waals surface area contributed by atoms with Crippen LogP contribution in [0.1, 0.15) is 20.3 Å². The number of esters is 1. The minimum absolute atomic E-state index is 0.0144. The first-order valence-corrected chi connectivity index (χ1v) is 7.51. The standard InChI is InChI=1S/C12H22N2O2S/c1-3-16-11(15)12(4-9-17-10(12)2)14-7-5-13-6-8-14/h10,13H,3-9H2,1-2H3. The van der Waals surface area contributed by atoms with Crippen LogP contribution >= 0.6 is 11.8 Å². The average molecular weight is 258 g/mol. The van der Waals surface area contributed by atoms with E-state index < -0.39 is 0 Å². The zero-order chi connectivity index (χ0) is 12.3. The Hall–Kier alpha value is -0.260. The number of nitrogens with zero attached hydrogens (tertiary/aromatic N) is 1. The van der Waals surface area contributed by atoms with E-state index in [-0.39, 0.29) is 11.5 Å². The fourth-order valence-corrected chi connectivity index (χ4v) is 4.29. The topological polar surface area (TPSA) is 41.6 Å². The van der Waals surface area contributed by atoms with Gasteiger partial charge in [-0.1, -0.05) is 6.92 Å². The molecule has 17 heavy (non-hydrogen) atoms. The summed E-state index contributed by atoms with van der Waals surface area (Å²) in [6.45, 7) is 8.36. The number of nitrogens with one attached hydrogen (secondary N) is 1. The van der Waals surface area contributed by atoms with E-state index in [2.05, 4.69) is 17.1 Å². The van der Waals surface area contributed by atoms with E-state index in [4.69, 9.17) is 4.74 Å². The zero-order valence-electron chi connectivity index (χ0n) is 10.7. The van der Waals surface area contributed by atoms with Gasteiger partial charge in [0.2, 0.25) is 0 Å². The quantitative estimate of drug-likeness (QED) is 0.756.